The van der Waals surface area contributed by atoms with E-state index in [0.29, 0.717) is 66.9 Å². The molecule has 2 aromatic heterocycles. The van der Waals surface area contributed by atoms with Crippen LogP contribution in [0.1, 0.15) is 60.6 Å². The number of rotatable bonds is 21. The van der Waals surface area contributed by atoms with Crippen LogP contribution in [-0.4, -0.2) is 85.6 Å². The van der Waals surface area contributed by atoms with Gasteiger partial charge in [0.25, 0.3) is 0 Å². The summed E-state index contributed by atoms with van der Waals surface area (Å²) in [6.45, 7) is 3.35. The average molecular weight is 757 g/mol. The summed E-state index contributed by atoms with van der Waals surface area (Å²) >= 11 is 0. The van der Waals surface area contributed by atoms with Crippen LogP contribution in [0.2, 0.25) is 0 Å². The highest BCUT2D eigenvalue weighted by atomic mass is 16.5. The Kier molecular flexibility index (Phi) is 14.8. The Morgan fingerprint density at radius 3 is 2.05 bits per heavy atom. The highest BCUT2D eigenvalue weighted by Gasteiger charge is 2.24. The van der Waals surface area contributed by atoms with Gasteiger partial charge in [-0.05, 0) is 54.7 Å². The van der Waals surface area contributed by atoms with E-state index in [0.717, 1.165) is 48.1 Å². The van der Waals surface area contributed by atoms with Crippen LogP contribution in [-0.2, 0) is 30.7 Å². The fourth-order valence-corrected chi connectivity index (χ4v) is 6.32. The number of carbonyl (C=O) groups excluding carboxylic acids is 1. The van der Waals surface area contributed by atoms with Crippen molar-refractivity contribution >= 4 is 17.6 Å². The number of alkyl carbamates (subject to hydrolysis) is 1. The van der Waals surface area contributed by atoms with Gasteiger partial charge >= 0.3 is 12.1 Å². The molecule has 0 saturated heterocycles. The van der Waals surface area contributed by atoms with Crippen LogP contribution >= 0.6 is 0 Å². The molecular formula is C41H52N6O8. The van der Waals surface area contributed by atoms with Gasteiger partial charge in [-0.3, -0.25) is 0 Å². The monoisotopic (exact) mass is 756 g/mol. The molecule has 0 aliphatic rings. The predicted octanol–water partition coefficient (Wildman–Crippen LogP) is 6.17. The van der Waals surface area contributed by atoms with E-state index in [-0.39, 0.29) is 18.7 Å². The highest BCUT2D eigenvalue weighted by Crippen LogP contribution is 2.33. The van der Waals surface area contributed by atoms with E-state index in [1.54, 1.807) is 33.0 Å². The number of nitrogens with one attached hydrogen (secondary N) is 1. The quantitative estimate of drug-likeness (QED) is 0.0824. The first-order valence-electron chi connectivity index (χ1n) is 18.4. The third-order valence-electron chi connectivity index (χ3n) is 9.25. The number of nitrogens with zero attached hydrogens (tertiary/aromatic N) is 5. The molecule has 5 aromatic rings. The summed E-state index contributed by atoms with van der Waals surface area (Å²) in [5, 5.41) is 17.4. The third-order valence-corrected chi connectivity index (χ3v) is 9.25. The number of methoxy groups -OCH3 is 5. The maximum atomic E-state index is 11.4. The second kappa shape index (κ2) is 20.1. The minimum atomic E-state index is -0.428. The maximum absolute atomic E-state index is 11.4. The molecule has 2 heterocycles. The summed E-state index contributed by atoms with van der Waals surface area (Å²) in [6, 6.07) is 20.0. The van der Waals surface area contributed by atoms with Gasteiger partial charge in [-0.25, -0.2) is 14.3 Å². The maximum Gasteiger partial charge on any atom is 0.406 e. The lowest BCUT2D eigenvalue weighted by Crippen LogP contribution is -2.26. The largest absolute Gasteiger partial charge is 0.497 e. The van der Waals surface area contributed by atoms with E-state index in [9.17, 15) is 9.90 Å². The Hall–Kier alpha value is -5.76. The van der Waals surface area contributed by atoms with Crippen LogP contribution in [0.5, 0.6) is 29.0 Å². The van der Waals surface area contributed by atoms with Crippen LogP contribution in [0.15, 0.2) is 66.9 Å². The topological polar surface area (TPSA) is 151 Å². The number of ether oxygens (including phenoxy) is 6. The molecule has 1 amide bonds. The number of hydrogen-bond acceptors (Lipinski definition) is 12. The number of carbonyl (C=O) groups is 1. The van der Waals surface area contributed by atoms with Crippen molar-refractivity contribution in [2.24, 2.45) is 0 Å². The summed E-state index contributed by atoms with van der Waals surface area (Å²) in [6.07, 6.45) is 5.32. The minimum Gasteiger partial charge on any atom is -0.497 e. The smallest absolute Gasteiger partial charge is 0.406 e. The first kappa shape index (κ1) is 40.4. The number of hydrogen-bond donors (Lipinski definition) is 2. The molecule has 14 heteroatoms. The van der Waals surface area contributed by atoms with Crippen LogP contribution in [0.25, 0.3) is 5.65 Å². The van der Waals surface area contributed by atoms with Gasteiger partial charge in [-0.15, -0.1) is 5.10 Å². The van der Waals surface area contributed by atoms with Crippen molar-refractivity contribution in [3.05, 3.63) is 94.8 Å². The van der Waals surface area contributed by atoms with Crippen molar-refractivity contribution in [2.75, 3.05) is 53.6 Å². The standard InChI is InChI=1S/C41H52N6O8/c1-7-9-33(19-21-48)55-40-44-39(38-43-25-32(47(38)45-40)22-29-13-11-28(12-14-29)10-8-20-42-41(49)54-6)46(26-30-15-17-34(50-2)23-36(30)52-4)27-31-16-18-35(51-3)24-37(31)53-5/h11-18,23-25,33,48H,7-10,19-22,26-27H2,1-6H3,(H,42,49). The number of anilines is 1. The lowest BCUT2D eigenvalue weighted by atomic mass is 10.0. The fourth-order valence-electron chi connectivity index (χ4n) is 6.32. The Balaban J connectivity index is 1.56. The predicted molar refractivity (Wildman–Crippen MR) is 209 cm³/mol. The zero-order valence-electron chi connectivity index (χ0n) is 32.5. The average Bonchev–Trinajstić information content (AvgIpc) is 3.61. The molecule has 1 atom stereocenters. The zero-order chi connectivity index (χ0) is 39.2. The van der Waals surface area contributed by atoms with E-state index in [1.807, 2.05) is 42.6 Å². The number of amides is 1. The second-order valence-corrected chi connectivity index (χ2v) is 13.0. The fraction of sp³-hybridized carbons (Fsp3) is 0.415. The normalized spacial score (nSPS) is 11.5. The van der Waals surface area contributed by atoms with Gasteiger partial charge in [0.05, 0.1) is 47.4 Å². The molecule has 0 bridgehead atoms. The number of benzene rings is 3. The van der Waals surface area contributed by atoms with Crippen molar-refractivity contribution in [1.29, 1.82) is 0 Å². The summed E-state index contributed by atoms with van der Waals surface area (Å²) in [4.78, 5) is 23.4. The van der Waals surface area contributed by atoms with Crippen LogP contribution in [0.3, 0.4) is 0 Å². The van der Waals surface area contributed by atoms with E-state index < -0.39 is 6.09 Å². The summed E-state index contributed by atoms with van der Waals surface area (Å²) in [5.74, 6) is 3.21. The summed E-state index contributed by atoms with van der Waals surface area (Å²) in [7, 11) is 7.87. The molecule has 14 nitrogen and oxygen atoms in total. The van der Waals surface area contributed by atoms with Crippen molar-refractivity contribution in [1.82, 2.24) is 24.9 Å². The Morgan fingerprint density at radius 1 is 0.855 bits per heavy atom. The van der Waals surface area contributed by atoms with E-state index in [2.05, 4.69) is 46.1 Å². The zero-order valence-corrected chi connectivity index (χ0v) is 32.5. The Morgan fingerprint density at radius 2 is 1.49 bits per heavy atom. The minimum absolute atomic E-state index is 0.0193. The molecule has 3 aromatic carbocycles. The van der Waals surface area contributed by atoms with Gasteiger partial charge in [-0.1, -0.05) is 37.6 Å². The first-order valence-corrected chi connectivity index (χ1v) is 18.4. The van der Waals surface area contributed by atoms with E-state index >= 15 is 0 Å². The van der Waals surface area contributed by atoms with Gasteiger partial charge in [0, 0.05) is 62.3 Å². The van der Waals surface area contributed by atoms with Crippen LogP contribution < -0.4 is 33.9 Å². The molecule has 1 unspecified atom stereocenters. The highest BCUT2D eigenvalue weighted by molar-refractivity contribution is 5.67. The third kappa shape index (κ3) is 10.7. The van der Waals surface area contributed by atoms with Gasteiger partial charge in [0.2, 0.25) is 0 Å². The van der Waals surface area contributed by atoms with Gasteiger partial charge < -0.3 is 43.7 Å². The lowest BCUT2D eigenvalue weighted by molar-refractivity contribution is 0.133. The lowest BCUT2D eigenvalue weighted by Gasteiger charge is -2.27. The molecule has 2 N–H and O–H groups in total. The SMILES string of the molecule is CCCC(CCO)Oc1nc(N(Cc2ccc(OC)cc2OC)Cc2ccc(OC)cc2OC)c2ncc(Cc3ccc(CCCNC(=O)OC)cc3)n2n1. The molecule has 5 rings (SSSR count). The van der Waals surface area contributed by atoms with Gasteiger partial charge in [0.15, 0.2) is 11.5 Å². The molecule has 294 valence electrons. The van der Waals surface area contributed by atoms with Gasteiger partial charge in [0.1, 0.15) is 29.1 Å². The summed E-state index contributed by atoms with van der Waals surface area (Å²) < 4.78 is 35.5. The second-order valence-electron chi connectivity index (χ2n) is 13.0. The van der Waals surface area contributed by atoms with Crippen LogP contribution in [0.4, 0.5) is 10.6 Å². The number of aliphatic hydroxyl groups is 1. The number of aliphatic hydroxyl groups excluding tert-OH is 1. The molecule has 0 fully saturated rings. The molecule has 55 heavy (non-hydrogen) atoms. The molecule has 0 aliphatic heterocycles. The van der Waals surface area contributed by atoms with Crippen molar-refractivity contribution in [3.63, 3.8) is 0 Å². The summed E-state index contributed by atoms with van der Waals surface area (Å²) in [5.41, 5.74) is 5.42. The first-order chi connectivity index (χ1) is 26.8. The Labute approximate surface area is 322 Å². The molecule has 0 saturated carbocycles. The molecule has 0 spiro atoms. The number of aryl methyl sites for hydroxylation is 1. The number of aromatic nitrogens is 4. The Bertz CT molecular complexity index is 1920. The van der Waals surface area contributed by atoms with Crippen molar-refractivity contribution < 1.29 is 38.3 Å². The number of fused-ring (bicyclic) bond motifs is 1. The van der Waals surface area contributed by atoms with Gasteiger partial charge in [-0.2, -0.15) is 4.98 Å². The molecule has 0 aliphatic carbocycles. The van der Waals surface area contributed by atoms with E-state index in [1.165, 1.54) is 12.7 Å². The van der Waals surface area contributed by atoms with Crippen molar-refractivity contribution in [2.45, 2.75) is 64.6 Å². The van der Waals surface area contributed by atoms with E-state index in [4.69, 9.17) is 38.8 Å². The van der Waals surface area contributed by atoms with Crippen LogP contribution in [0, 0.1) is 0 Å². The molecule has 0 radical (unpaired) electrons. The molecular weight excluding hydrogens is 704 g/mol. The van der Waals surface area contributed by atoms with Crippen molar-refractivity contribution in [3.8, 4) is 29.0 Å². The number of imidazole rings is 1.